The number of aliphatic carboxylic acids is 1. The average molecular weight is 303 g/mol. The van der Waals surface area contributed by atoms with Gasteiger partial charge in [0.2, 0.25) is 11.8 Å². The lowest BCUT2D eigenvalue weighted by molar-refractivity contribution is -0.141. The molecule has 0 bridgehead atoms. The monoisotopic (exact) mass is 303 g/mol. The maximum atomic E-state index is 11.7. The lowest BCUT2D eigenvalue weighted by Crippen LogP contribution is -2.42. The number of nitrogens with one attached hydrogen (secondary N) is 2. The number of carbonyl (C=O) groups is 3. The highest BCUT2D eigenvalue weighted by molar-refractivity contribution is 8.00. The van der Waals surface area contributed by atoms with Gasteiger partial charge in [-0.2, -0.15) is 0 Å². The van der Waals surface area contributed by atoms with E-state index in [1.807, 2.05) is 0 Å². The Morgan fingerprint density at radius 3 is 2.55 bits per heavy atom. The molecule has 1 aliphatic rings. The Bertz CT molecular complexity index is 359. The molecule has 0 unspecified atom stereocenters. The van der Waals surface area contributed by atoms with Gasteiger partial charge < -0.3 is 21.5 Å². The Labute approximate surface area is 122 Å². The van der Waals surface area contributed by atoms with E-state index in [4.69, 9.17) is 10.8 Å². The van der Waals surface area contributed by atoms with Crippen LogP contribution in [-0.2, 0) is 14.4 Å². The quantitative estimate of drug-likeness (QED) is 0.471. The molecular formula is C12H21N3O4S. The fourth-order valence-corrected chi connectivity index (χ4v) is 2.98. The van der Waals surface area contributed by atoms with E-state index in [2.05, 4.69) is 10.6 Å². The van der Waals surface area contributed by atoms with Gasteiger partial charge in [-0.05, 0) is 32.4 Å². The van der Waals surface area contributed by atoms with Gasteiger partial charge in [-0.15, -0.1) is 11.8 Å². The van der Waals surface area contributed by atoms with Crippen LogP contribution in [-0.4, -0.2) is 53.0 Å². The topological polar surface area (TPSA) is 122 Å². The van der Waals surface area contributed by atoms with Crippen LogP contribution < -0.4 is 16.4 Å². The highest BCUT2D eigenvalue weighted by Crippen LogP contribution is 2.19. The van der Waals surface area contributed by atoms with Crippen LogP contribution in [0.2, 0.25) is 0 Å². The molecule has 0 aromatic heterocycles. The van der Waals surface area contributed by atoms with Crippen LogP contribution >= 0.6 is 11.8 Å². The molecule has 1 heterocycles. The molecule has 0 aliphatic carbocycles. The molecule has 0 aromatic rings. The third-order valence-corrected chi connectivity index (χ3v) is 4.42. The molecule has 1 atom stereocenters. The number of carboxylic acids is 1. The molecule has 114 valence electrons. The summed E-state index contributed by atoms with van der Waals surface area (Å²) in [6.07, 6.45) is 2.00. The van der Waals surface area contributed by atoms with Crippen LogP contribution in [0.5, 0.6) is 0 Å². The molecule has 2 amide bonds. The van der Waals surface area contributed by atoms with Crippen molar-refractivity contribution in [2.45, 2.75) is 37.0 Å². The van der Waals surface area contributed by atoms with Gasteiger partial charge in [-0.25, -0.2) is 4.79 Å². The molecule has 1 aliphatic heterocycles. The second-order valence-corrected chi connectivity index (χ2v) is 6.01. The summed E-state index contributed by atoms with van der Waals surface area (Å²) >= 11 is 1.55. The molecule has 1 saturated heterocycles. The Balaban J connectivity index is 2.29. The second kappa shape index (κ2) is 8.80. The Morgan fingerprint density at radius 1 is 1.35 bits per heavy atom. The maximum absolute atomic E-state index is 11.7. The summed E-state index contributed by atoms with van der Waals surface area (Å²) < 4.78 is 0. The van der Waals surface area contributed by atoms with Crippen molar-refractivity contribution in [3.05, 3.63) is 0 Å². The van der Waals surface area contributed by atoms with Gasteiger partial charge in [0.05, 0.1) is 5.75 Å². The van der Waals surface area contributed by atoms with E-state index in [1.165, 1.54) is 0 Å². The first kappa shape index (κ1) is 16.8. The zero-order valence-corrected chi connectivity index (χ0v) is 12.1. The van der Waals surface area contributed by atoms with E-state index in [0.29, 0.717) is 5.25 Å². The van der Waals surface area contributed by atoms with Crippen molar-refractivity contribution in [1.29, 1.82) is 0 Å². The average Bonchev–Trinajstić information content (AvgIpc) is 2.41. The lowest BCUT2D eigenvalue weighted by atomic mass is 10.1. The minimum atomic E-state index is -1.15. The number of rotatable bonds is 8. The van der Waals surface area contributed by atoms with Crippen molar-refractivity contribution >= 4 is 29.5 Å². The van der Waals surface area contributed by atoms with Gasteiger partial charge >= 0.3 is 5.97 Å². The molecule has 0 saturated carbocycles. The zero-order chi connectivity index (χ0) is 15.0. The summed E-state index contributed by atoms with van der Waals surface area (Å²) in [7, 11) is 0. The van der Waals surface area contributed by atoms with Crippen LogP contribution in [0.25, 0.3) is 0 Å². The first-order valence-electron chi connectivity index (χ1n) is 6.62. The van der Waals surface area contributed by atoms with E-state index in [1.54, 1.807) is 11.8 Å². The Kier molecular flexibility index (Phi) is 7.38. The normalized spacial score (nSPS) is 17.4. The van der Waals surface area contributed by atoms with Crippen molar-refractivity contribution in [3.8, 4) is 0 Å². The summed E-state index contributed by atoms with van der Waals surface area (Å²) in [6, 6.07) is -1.05. The minimum Gasteiger partial charge on any atom is -0.480 e. The predicted octanol–water partition coefficient (Wildman–Crippen LogP) is -0.693. The van der Waals surface area contributed by atoms with E-state index in [9.17, 15) is 14.4 Å². The third kappa shape index (κ3) is 6.76. The molecule has 20 heavy (non-hydrogen) atoms. The Morgan fingerprint density at radius 2 is 2.00 bits per heavy atom. The SMILES string of the molecule is NC(=O)CC[C@@H](NC(=O)CSC1CCNCC1)C(=O)O. The summed E-state index contributed by atoms with van der Waals surface area (Å²) in [5.74, 6) is -1.79. The minimum absolute atomic E-state index is 0.0222. The first-order valence-corrected chi connectivity index (χ1v) is 7.66. The molecule has 1 fully saturated rings. The van der Waals surface area contributed by atoms with Gasteiger partial charge in [0.25, 0.3) is 0 Å². The number of thioether (sulfide) groups is 1. The number of amides is 2. The fraction of sp³-hybridized carbons (Fsp3) is 0.750. The molecule has 0 aromatic carbocycles. The second-order valence-electron chi connectivity index (χ2n) is 4.72. The van der Waals surface area contributed by atoms with E-state index in [-0.39, 0.29) is 24.5 Å². The number of primary amides is 1. The van der Waals surface area contributed by atoms with Gasteiger partial charge in [0, 0.05) is 11.7 Å². The van der Waals surface area contributed by atoms with Crippen LogP contribution in [0.4, 0.5) is 0 Å². The number of hydrogen-bond acceptors (Lipinski definition) is 5. The highest BCUT2D eigenvalue weighted by atomic mass is 32.2. The number of carbonyl (C=O) groups excluding carboxylic acids is 2. The van der Waals surface area contributed by atoms with Gasteiger partial charge in [0.15, 0.2) is 0 Å². The van der Waals surface area contributed by atoms with Crippen molar-refractivity contribution < 1.29 is 19.5 Å². The molecule has 0 spiro atoms. The molecule has 8 heteroatoms. The van der Waals surface area contributed by atoms with Crippen molar-refractivity contribution in [2.24, 2.45) is 5.73 Å². The summed E-state index contributed by atoms with van der Waals surface area (Å²) in [4.78, 5) is 33.3. The third-order valence-electron chi connectivity index (χ3n) is 3.05. The van der Waals surface area contributed by atoms with Gasteiger partial charge in [-0.3, -0.25) is 9.59 Å². The smallest absolute Gasteiger partial charge is 0.326 e. The molecule has 1 rings (SSSR count). The predicted molar refractivity (Wildman–Crippen MR) is 76.3 cm³/mol. The van der Waals surface area contributed by atoms with E-state index < -0.39 is 17.9 Å². The number of hydrogen-bond donors (Lipinski definition) is 4. The molecule has 0 radical (unpaired) electrons. The summed E-state index contributed by atoms with van der Waals surface area (Å²) in [5.41, 5.74) is 4.97. The van der Waals surface area contributed by atoms with Crippen LogP contribution in [0, 0.1) is 0 Å². The van der Waals surface area contributed by atoms with Gasteiger partial charge in [-0.1, -0.05) is 0 Å². The standard InChI is InChI=1S/C12H21N3O4S/c13-10(16)2-1-9(12(18)19)15-11(17)7-20-8-3-5-14-6-4-8/h8-9,14H,1-7H2,(H2,13,16)(H,15,17)(H,18,19)/t9-/m1/s1. The fourth-order valence-electron chi connectivity index (χ4n) is 1.94. The van der Waals surface area contributed by atoms with Gasteiger partial charge in [0.1, 0.15) is 6.04 Å². The van der Waals surface area contributed by atoms with Crippen molar-refractivity contribution in [1.82, 2.24) is 10.6 Å². The van der Waals surface area contributed by atoms with Crippen molar-refractivity contribution in [2.75, 3.05) is 18.8 Å². The van der Waals surface area contributed by atoms with Crippen LogP contribution in [0.1, 0.15) is 25.7 Å². The highest BCUT2D eigenvalue weighted by Gasteiger charge is 2.21. The summed E-state index contributed by atoms with van der Waals surface area (Å²) in [5, 5.41) is 15.1. The largest absolute Gasteiger partial charge is 0.480 e. The number of nitrogens with two attached hydrogens (primary N) is 1. The van der Waals surface area contributed by atoms with Crippen LogP contribution in [0.3, 0.4) is 0 Å². The molecular weight excluding hydrogens is 282 g/mol. The lowest BCUT2D eigenvalue weighted by Gasteiger charge is -2.22. The number of carboxylic acid groups (broad SMARTS) is 1. The number of piperidine rings is 1. The molecule has 5 N–H and O–H groups in total. The molecule has 7 nitrogen and oxygen atoms in total. The maximum Gasteiger partial charge on any atom is 0.326 e. The van der Waals surface area contributed by atoms with Crippen LogP contribution in [0.15, 0.2) is 0 Å². The zero-order valence-electron chi connectivity index (χ0n) is 11.3. The first-order chi connectivity index (χ1) is 9.49. The van der Waals surface area contributed by atoms with E-state index in [0.717, 1.165) is 25.9 Å². The Hall–Kier alpha value is -1.28. The van der Waals surface area contributed by atoms with E-state index >= 15 is 0 Å². The van der Waals surface area contributed by atoms with Crippen molar-refractivity contribution in [3.63, 3.8) is 0 Å². The summed E-state index contributed by atoms with van der Waals surface area (Å²) in [6.45, 7) is 1.91.